The summed E-state index contributed by atoms with van der Waals surface area (Å²) in [6.07, 6.45) is 5.42. The maximum atomic E-state index is 12.7. The highest BCUT2D eigenvalue weighted by molar-refractivity contribution is 5.93. The number of aromatic amines is 1. The molecule has 4 rings (SSSR count). The van der Waals surface area contributed by atoms with Crippen molar-refractivity contribution in [2.45, 2.75) is 26.7 Å². The Kier molecular flexibility index (Phi) is 5.49. The Morgan fingerprint density at radius 2 is 1.93 bits per heavy atom. The number of H-pyrrole nitrogens is 1. The zero-order valence-electron chi connectivity index (χ0n) is 17.2. The smallest absolute Gasteiger partial charge is 0.256 e. The van der Waals surface area contributed by atoms with Crippen molar-refractivity contribution in [3.8, 4) is 0 Å². The van der Waals surface area contributed by atoms with Crippen molar-refractivity contribution in [3.05, 3.63) is 47.4 Å². The van der Waals surface area contributed by atoms with Crippen LogP contribution in [0.25, 0.3) is 10.9 Å². The number of aryl methyl sites for hydroxylation is 2. The second-order valence-corrected chi connectivity index (χ2v) is 7.93. The average Bonchev–Trinajstić information content (AvgIpc) is 3.02. The first-order valence-electron chi connectivity index (χ1n) is 10.2. The van der Waals surface area contributed by atoms with Crippen molar-refractivity contribution in [2.75, 3.05) is 32.0 Å². The third-order valence-corrected chi connectivity index (χ3v) is 5.80. The molecule has 2 aromatic heterocycles. The van der Waals surface area contributed by atoms with E-state index in [1.165, 1.54) is 16.6 Å². The molecule has 152 valence electrons. The highest BCUT2D eigenvalue weighted by Crippen LogP contribution is 2.25. The van der Waals surface area contributed by atoms with Crippen molar-refractivity contribution in [2.24, 2.45) is 5.92 Å². The number of rotatable bonds is 5. The van der Waals surface area contributed by atoms with E-state index < -0.39 is 0 Å². The summed E-state index contributed by atoms with van der Waals surface area (Å²) in [4.78, 5) is 26.5. The highest BCUT2D eigenvalue weighted by Gasteiger charge is 2.19. The van der Waals surface area contributed by atoms with Gasteiger partial charge in [-0.25, -0.2) is 9.97 Å². The molecular formula is C22H28N6O. The summed E-state index contributed by atoms with van der Waals surface area (Å²) in [5, 5.41) is 7.76. The Hall–Kier alpha value is -2.93. The standard InChI is InChI=1S/C22H28N6O/c1-14-15(2)26-20-5-4-18(10-19(14)20)27-22-24-11-17(12-25-22)21(29)28(3)13-16-6-8-23-9-7-16/h4-5,10-12,16,23,26H,6-9,13H2,1-3H3,(H,24,25,27). The lowest BCUT2D eigenvalue weighted by molar-refractivity contribution is 0.0762. The predicted molar refractivity (Wildman–Crippen MR) is 116 cm³/mol. The molecule has 0 unspecified atom stereocenters. The first-order valence-corrected chi connectivity index (χ1v) is 10.2. The Morgan fingerprint density at radius 3 is 2.66 bits per heavy atom. The van der Waals surface area contributed by atoms with Crippen molar-refractivity contribution < 1.29 is 4.79 Å². The molecule has 1 aliphatic heterocycles. The second-order valence-electron chi connectivity index (χ2n) is 7.93. The van der Waals surface area contributed by atoms with Crippen LogP contribution in [0.4, 0.5) is 11.6 Å². The molecule has 0 bridgehead atoms. The van der Waals surface area contributed by atoms with Crippen LogP contribution in [-0.4, -0.2) is 52.4 Å². The number of nitrogens with zero attached hydrogens (tertiary/aromatic N) is 3. The van der Waals surface area contributed by atoms with Gasteiger partial charge in [-0.2, -0.15) is 0 Å². The second kappa shape index (κ2) is 8.21. The number of benzene rings is 1. The monoisotopic (exact) mass is 392 g/mol. The van der Waals surface area contributed by atoms with E-state index in [0.717, 1.165) is 43.7 Å². The van der Waals surface area contributed by atoms with Crippen LogP contribution in [-0.2, 0) is 0 Å². The number of anilines is 2. The zero-order chi connectivity index (χ0) is 20.4. The van der Waals surface area contributed by atoms with Crippen LogP contribution in [0, 0.1) is 19.8 Å². The first kappa shape index (κ1) is 19.4. The Morgan fingerprint density at radius 1 is 1.21 bits per heavy atom. The number of fused-ring (bicyclic) bond motifs is 1. The number of hydrogen-bond donors (Lipinski definition) is 3. The number of carbonyl (C=O) groups excluding carboxylic acids is 1. The number of amides is 1. The molecule has 3 N–H and O–H groups in total. The summed E-state index contributed by atoms with van der Waals surface area (Å²) in [5.41, 5.74) is 4.96. The van der Waals surface area contributed by atoms with Gasteiger partial charge in [0.25, 0.3) is 5.91 Å². The molecule has 1 amide bonds. The molecule has 0 saturated carbocycles. The molecule has 1 aliphatic rings. The van der Waals surface area contributed by atoms with Crippen molar-refractivity contribution in [3.63, 3.8) is 0 Å². The van der Waals surface area contributed by atoms with E-state index in [0.29, 0.717) is 17.4 Å². The van der Waals surface area contributed by atoms with Crippen LogP contribution < -0.4 is 10.6 Å². The minimum atomic E-state index is -0.0325. The lowest BCUT2D eigenvalue weighted by Gasteiger charge is -2.27. The molecule has 29 heavy (non-hydrogen) atoms. The van der Waals surface area contributed by atoms with E-state index in [-0.39, 0.29) is 5.91 Å². The topological polar surface area (TPSA) is 85.9 Å². The maximum Gasteiger partial charge on any atom is 0.256 e. The number of hydrogen-bond acceptors (Lipinski definition) is 5. The SMILES string of the molecule is Cc1[nH]c2ccc(Nc3ncc(C(=O)N(C)CC4CCNCC4)cn3)cc2c1C. The molecule has 1 saturated heterocycles. The van der Waals surface area contributed by atoms with Crippen LogP contribution in [0.15, 0.2) is 30.6 Å². The number of piperidine rings is 1. The fourth-order valence-corrected chi connectivity index (χ4v) is 3.93. The van der Waals surface area contributed by atoms with Gasteiger partial charge in [0, 0.05) is 48.3 Å². The summed E-state index contributed by atoms with van der Waals surface area (Å²) in [6.45, 7) is 7.02. The minimum absolute atomic E-state index is 0.0325. The van der Waals surface area contributed by atoms with E-state index in [1.807, 2.05) is 19.2 Å². The number of aromatic nitrogens is 3. The molecule has 1 fully saturated rings. The molecule has 3 heterocycles. The largest absolute Gasteiger partial charge is 0.358 e. The van der Waals surface area contributed by atoms with E-state index in [2.05, 4.69) is 45.5 Å². The summed E-state index contributed by atoms with van der Waals surface area (Å²) in [5.74, 6) is 1.00. The Labute approximate surface area is 170 Å². The predicted octanol–water partition coefficient (Wildman–Crippen LogP) is 3.39. The molecule has 3 aromatic rings. The molecular weight excluding hydrogens is 364 g/mol. The van der Waals surface area contributed by atoms with E-state index in [1.54, 1.807) is 17.3 Å². The Balaban J connectivity index is 1.42. The van der Waals surface area contributed by atoms with Gasteiger partial charge < -0.3 is 20.5 Å². The van der Waals surface area contributed by atoms with Gasteiger partial charge in [-0.15, -0.1) is 0 Å². The van der Waals surface area contributed by atoms with Gasteiger partial charge in [-0.1, -0.05) is 0 Å². The van der Waals surface area contributed by atoms with Crippen LogP contribution in [0.3, 0.4) is 0 Å². The van der Waals surface area contributed by atoms with E-state index in [9.17, 15) is 4.79 Å². The summed E-state index contributed by atoms with van der Waals surface area (Å²) < 4.78 is 0. The quantitative estimate of drug-likeness (QED) is 0.620. The first-order chi connectivity index (χ1) is 14.0. The van der Waals surface area contributed by atoms with Crippen molar-refractivity contribution in [1.29, 1.82) is 0 Å². The third kappa shape index (κ3) is 4.24. The molecule has 0 spiro atoms. The van der Waals surface area contributed by atoms with Gasteiger partial charge >= 0.3 is 0 Å². The van der Waals surface area contributed by atoms with Crippen LogP contribution in [0.5, 0.6) is 0 Å². The minimum Gasteiger partial charge on any atom is -0.358 e. The van der Waals surface area contributed by atoms with Gasteiger partial charge in [-0.05, 0) is 69.5 Å². The van der Waals surface area contributed by atoms with Gasteiger partial charge in [0.2, 0.25) is 5.95 Å². The number of carbonyl (C=O) groups is 1. The lowest BCUT2D eigenvalue weighted by atomic mass is 9.97. The highest BCUT2D eigenvalue weighted by atomic mass is 16.2. The number of nitrogens with one attached hydrogen (secondary N) is 3. The molecule has 0 radical (unpaired) electrons. The fraction of sp³-hybridized carbons (Fsp3) is 0.409. The lowest BCUT2D eigenvalue weighted by Crippen LogP contribution is -2.37. The fourth-order valence-electron chi connectivity index (χ4n) is 3.93. The molecule has 0 atom stereocenters. The van der Waals surface area contributed by atoms with Gasteiger partial charge in [0.05, 0.1) is 5.56 Å². The van der Waals surface area contributed by atoms with Crippen molar-refractivity contribution in [1.82, 2.24) is 25.2 Å². The normalized spacial score (nSPS) is 14.9. The average molecular weight is 393 g/mol. The Bertz CT molecular complexity index is 1000. The third-order valence-electron chi connectivity index (χ3n) is 5.80. The molecule has 7 heteroatoms. The van der Waals surface area contributed by atoms with E-state index >= 15 is 0 Å². The van der Waals surface area contributed by atoms with Crippen LogP contribution in [0.2, 0.25) is 0 Å². The van der Waals surface area contributed by atoms with Gasteiger partial charge in [0.1, 0.15) is 0 Å². The molecule has 0 aliphatic carbocycles. The van der Waals surface area contributed by atoms with Gasteiger partial charge in [0.15, 0.2) is 0 Å². The summed E-state index contributed by atoms with van der Waals surface area (Å²) >= 11 is 0. The maximum absolute atomic E-state index is 12.7. The van der Waals surface area contributed by atoms with Crippen LogP contribution in [0.1, 0.15) is 34.5 Å². The van der Waals surface area contributed by atoms with Crippen molar-refractivity contribution >= 4 is 28.4 Å². The molecule has 1 aromatic carbocycles. The zero-order valence-corrected chi connectivity index (χ0v) is 17.2. The van der Waals surface area contributed by atoms with Crippen LogP contribution >= 0.6 is 0 Å². The van der Waals surface area contributed by atoms with Gasteiger partial charge in [-0.3, -0.25) is 4.79 Å². The summed E-state index contributed by atoms with van der Waals surface area (Å²) in [6, 6.07) is 6.13. The van der Waals surface area contributed by atoms with E-state index in [4.69, 9.17) is 0 Å². The molecule has 7 nitrogen and oxygen atoms in total. The summed E-state index contributed by atoms with van der Waals surface area (Å²) in [7, 11) is 1.85.